The Balaban J connectivity index is 1.88. The van der Waals surface area contributed by atoms with Crippen molar-refractivity contribution in [3.63, 3.8) is 0 Å². The normalized spacial score (nSPS) is 20.8. The number of nitrogens with zero attached hydrogens (tertiary/aromatic N) is 2. The Hall–Kier alpha value is -1.80. The quantitative estimate of drug-likeness (QED) is 0.0958. The third-order valence-electron chi connectivity index (χ3n) is 6.38. The number of non-ortho nitro benzene ring substituents is 1. The molecule has 0 saturated carbocycles. The van der Waals surface area contributed by atoms with Gasteiger partial charge in [-0.05, 0) is 52.4 Å². The molecule has 2 heterocycles. The number of benzene rings is 1. The maximum Gasteiger partial charge on any atom is 0.357 e. The lowest BCUT2D eigenvalue weighted by Gasteiger charge is -2.56. The maximum absolute atomic E-state index is 13.7. The molecule has 2 aliphatic heterocycles. The molecule has 2 aliphatic rings. The number of nitro groups is 1. The Kier molecular flexibility index (Phi) is 9.26. The first-order chi connectivity index (χ1) is 17.2. The predicted molar refractivity (Wildman–Crippen MR) is 151 cm³/mol. The van der Waals surface area contributed by atoms with Gasteiger partial charge in [0.05, 0.1) is 26.6 Å². The Bertz CT molecular complexity index is 1110. The molecule has 2 saturated heterocycles. The van der Waals surface area contributed by atoms with Crippen LogP contribution in [0.3, 0.4) is 0 Å². The van der Waals surface area contributed by atoms with Crippen molar-refractivity contribution in [1.29, 1.82) is 0 Å². The molecule has 3 atom stereocenters. The van der Waals surface area contributed by atoms with Gasteiger partial charge in [-0.3, -0.25) is 24.6 Å². The number of hydrogen-bond donors (Lipinski definition) is 0. The lowest BCUT2D eigenvalue weighted by molar-refractivity contribution is -0.384. The van der Waals surface area contributed by atoms with Crippen LogP contribution in [-0.4, -0.2) is 53.9 Å². The third kappa shape index (κ3) is 6.11. The van der Waals surface area contributed by atoms with E-state index in [2.05, 4.69) is 20.8 Å². The second-order valence-electron chi connectivity index (χ2n) is 10.4. The molecular weight excluding hydrogens is 553 g/mol. The van der Waals surface area contributed by atoms with Crippen molar-refractivity contribution in [3.05, 3.63) is 49.9 Å². The first kappa shape index (κ1) is 29.7. The van der Waals surface area contributed by atoms with Gasteiger partial charge in [0.25, 0.3) is 10.1 Å². The molecule has 1 aromatic carbocycles. The van der Waals surface area contributed by atoms with E-state index < -0.39 is 16.3 Å². The molecule has 0 radical (unpaired) electrons. The fourth-order valence-corrected chi connectivity index (χ4v) is 9.39. The van der Waals surface area contributed by atoms with E-state index in [9.17, 15) is 24.5 Å². The Morgan fingerprint density at radius 1 is 1.19 bits per heavy atom. The Morgan fingerprint density at radius 2 is 1.78 bits per heavy atom. The number of likely N-dealkylation sites (tertiary alicyclic amines) is 1. The van der Waals surface area contributed by atoms with Crippen molar-refractivity contribution < 1.29 is 28.5 Å². The van der Waals surface area contributed by atoms with Gasteiger partial charge in [-0.1, -0.05) is 41.5 Å². The third-order valence-corrected chi connectivity index (χ3v) is 10.1. The van der Waals surface area contributed by atoms with Gasteiger partial charge in [-0.25, -0.2) is 4.79 Å². The van der Waals surface area contributed by atoms with Crippen LogP contribution in [0.4, 0.5) is 10.5 Å². The van der Waals surface area contributed by atoms with Crippen LogP contribution in [0, 0.1) is 26.9 Å². The standard InChI is InChI=1S/C24H32N2O7S3Si/c1-7-34-18-15(24(5,6)21(33-37)23(2,3)4)17(27)25(18)16(20-35-22(29)36-20)19(28)32-12-13-8-10-14(11-9-13)26(30)31/h8-11,15,18,21H,7,12H2,1-6,37H3/t15?,18?,21-/m0/s1. The minimum Gasteiger partial charge on any atom is -0.456 e. The number of esters is 1. The topological polar surface area (TPSA) is 116 Å². The summed E-state index contributed by atoms with van der Waals surface area (Å²) >= 11 is 3.41. The number of carbonyl (C=O) groups is 3. The summed E-state index contributed by atoms with van der Waals surface area (Å²) in [6.45, 7) is 12.2. The van der Waals surface area contributed by atoms with Crippen molar-refractivity contribution in [2.45, 2.75) is 59.6 Å². The fourth-order valence-electron chi connectivity index (χ4n) is 5.13. The molecule has 202 valence electrons. The van der Waals surface area contributed by atoms with Gasteiger partial charge >= 0.3 is 5.97 Å². The number of hydrogen-bond acceptors (Lipinski definition) is 10. The zero-order valence-corrected chi connectivity index (χ0v) is 26.4. The number of thioether (sulfide) groups is 3. The molecule has 0 spiro atoms. The average Bonchev–Trinajstić information content (AvgIpc) is 2.78. The highest BCUT2D eigenvalue weighted by Crippen LogP contribution is 2.55. The molecule has 0 N–H and O–H groups in total. The van der Waals surface area contributed by atoms with Crippen molar-refractivity contribution in [2.75, 3.05) is 5.75 Å². The van der Waals surface area contributed by atoms with Gasteiger partial charge in [0.2, 0.25) is 5.91 Å². The van der Waals surface area contributed by atoms with E-state index in [1.54, 1.807) is 11.8 Å². The second kappa shape index (κ2) is 11.5. The average molecular weight is 585 g/mol. The van der Waals surface area contributed by atoms with Crippen molar-refractivity contribution in [3.8, 4) is 0 Å². The SMILES string of the molecule is CCSC1C(C(C)(C)[C@@H](O[SiH3])C(C)(C)C)C(=O)N1C(C(=O)OCc1ccc([N+](=O)[O-])cc1)=C1SC(=O)S1. The number of nitro benzene ring substituents is 1. The van der Waals surface area contributed by atoms with Crippen LogP contribution in [0.15, 0.2) is 34.2 Å². The van der Waals surface area contributed by atoms with Crippen molar-refractivity contribution >= 4 is 67.8 Å². The summed E-state index contributed by atoms with van der Waals surface area (Å²) in [5, 5.41) is 10.6. The van der Waals surface area contributed by atoms with E-state index in [4.69, 9.17) is 9.16 Å². The molecular formula is C24H32N2O7S3Si. The summed E-state index contributed by atoms with van der Waals surface area (Å²) in [4.78, 5) is 50.7. The molecule has 0 aliphatic carbocycles. The highest BCUT2D eigenvalue weighted by molar-refractivity contribution is 8.57. The molecule has 0 bridgehead atoms. The molecule has 13 heteroatoms. The number of amides is 1. The molecule has 3 rings (SSSR count). The second-order valence-corrected chi connectivity index (χ2v) is 14.8. The summed E-state index contributed by atoms with van der Waals surface area (Å²) in [7, 11) is 0.528. The lowest BCUT2D eigenvalue weighted by atomic mass is 9.63. The highest BCUT2D eigenvalue weighted by Gasteiger charge is 2.61. The van der Waals surface area contributed by atoms with E-state index in [0.29, 0.717) is 20.3 Å². The molecule has 1 aromatic rings. The largest absolute Gasteiger partial charge is 0.456 e. The van der Waals surface area contributed by atoms with Crippen LogP contribution in [0.5, 0.6) is 0 Å². The minimum absolute atomic E-state index is 0.0646. The zero-order chi connectivity index (χ0) is 27.7. The summed E-state index contributed by atoms with van der Waals surface area (Å²) in [5.74, 6) is -0.569. The van der Waals surface area contributed by atoms with Crippen LogP contribution in [-0.2, 0) is 25.4 Å². The van der Waals surface area contributed by atoms with E-state index >= 15 is 0 Å². The van der Waals surface area contributed by atoms with E-state index in [1.807, 2.05) is 20.8 Å². The van der Waals surface area contributed by atoms with Gasteiger partial charge in [-0.15, -0.1) is 11.8 Å². The van der Waals surface area contributed by atoms with Gasteiger partial charge in [0, 0.05) is 17.5 Å². The fraction of sp³-hybridized carbons (Fsp3) is 0.542. The van der Waals surface area contributed by atoms with Crippen molar-refractivity contribution in [1.82, 2.24) is 4.90 Å². The predicted octanol–water partition coefficient (Wildman–Crippen LogP) is 4.68. The summed E-state index contributed by atoms with van der Waals surface area (Å²) < 4.78 is 11.8. The first-order valence-corrected chi connectivity index (χ1v) is 15.3. The van der Waals surface area contributed by atoms with Crippen molar-refractivity contribution in [2.24, 2.45) is 16.7 Å². The monoisotopic (exact) mass is 584 g/mol. The van der Waals surface area contributed by atoms with Crippen LogP contribution in [0.1, 0.15) is 47.1 Å². The number of β-lactam (4-membered cyclic amide) rings is 1. The first-order valence-electron chi connectivity index (χ1n) is 11.8. The lowest BCUT2D eigenvalue weighted by Crippen LogP contribution is -2.67. The van der Waals surface area contributed by atoms with E-state index in [1.165, 1.54) is 29.2 Å². The molecule has 2 unspecified atom stereocenters. The van der Waals surface area contributed by atoms with E-state index in [-0.39, 0.29) is 51.2 Å². The van der Waals surface area contributed by atoms with Crippen LogP contribution in [0.25, 0.3) is 0 Å². The number of ether oxygens (including phenoxy) is 1. The number of rotatable bonds is 10. The molecule has 2 fully saturated rings. The summed E-state index contributed by atoms with van der Waals surface area (Å²) in [5.41, 5.74) is -0.109. The van der Waals surface area contributed by atoms with Gasteiger partial charge in [0.1, 0.15) is 17.1 Å². The summed E-state index contributed by atoms with van der Waals surface area (Å²) in [6, 6.07) is 5.70. The van der Waals surface area contributed by atoms with Gasteiger partial charge in [-0.2, -0.15) is 0 Å². The summed E-state index contributed by atoms with van der Waals surface area (Å²) in [6.07, 6.45) is -0.165. The minimum atomic E-state index is -0.710. The van der Waals surface area contributed by atoms with Crippen LogP contribution in [0.2, 0.25) is 0 Å². The molecule has 0 aromatic heterocycles. The van der Waals surface area contributed by atoms with Gasteiger partial charge < -0.3 is 9.16 Å². The Morgan fingerprint density at radius 3 is 2.24 bits per heavy atom. The molecule has 1 amide bonds. The smallest absolute Gasteiger partial charge is 0.357 e. The molecule has 37 heavy (non-hydrogen) atoms. The van der Waals surface area contributed by atoms with Crippen LogP contribution >= 0.6 is 35.3 Å². The van der Waals surface area contributed by atoms with Crippen LogP contribution < -0.4 is 0 Å². The maximum atomic E-state index is 13.7. The Labute approximate surface area is 232 Å². The molecule has 9 nitrogen and oxygen atoms in total. The van der Waals surface area contributed by atoms with Gasteiger partial charge in [0.15, 0.2) is 5.70 Å². The van der Waals surface area contributed by atoms with E-state index in [0.717, 1.165) is 29.3 Å². The number of carbonyl (C=O) groups excluding carboxylic acids is 3. The highest BCUT2D eigenvalue weighted by atomic mass is 32.3. The zero-order valence-electron chi connectivity index (χ0n) is 21.9.